The van der Waals surface area contributed by atoms with Crippen LogP contribution in [0.15, 0.2) is 65.7 Å². The van der Waals surface area contributed by atoms with Crippen LogP contribution in [0.5, 0.6) is 0 Å². The Hall–Kier alpha value is -2.41. The molecule has 158 valence electrons. The van der Waals surface area contributed by atoms with Gasteiger partial charge in [-0.15, -0.1) is 11.8 Å². The maximum Gasteiger partial charge on any atom is 0.229 e. The van der Waals surface area contributed by atoms with Crippen molar-refractivity contribution in [1.29, 1.82) is 0 Å². The molecule has 4 rings (SSSR count). The number of carbonyl (C=O) groups is 1. The van der Waals surface area contributed by atoms with Crippen LogP contribution in [0.1, 0.15) is 23.2 Å². The van der Waals surface area contributed by atoms with Crippen molar-refractivity contribution in [3.63, 3.8) is 0 Å². The maximum absolute atomic E-state index is 13.3. The number of benzene rings is 2. The summed E-state index contributed by atoms with van der Waals surface area (Å²) >= 11 is 9.17. The van der Waals surface area contributed by atoms with Gasteiger partial charge in [-0.05, 0) is 67.4 Å². The SMILES string of the molecule is Cc1cc(C)c2sc(N(Cc3ccccn3)C(=O)CCSc3ccc(Cl)cc3)nc2c1. The molecule has 0 aliphatic heterocycles. The first kappa shape index (κ1) is 21.8. The normalized spacial score (nSPS) is 11.1. The van der Waals surface area contributed by atoms with Crippen molar-refractivity contribution in [3.8, 4) is 0 Å². The molecular weight excluding hydrogens is 446 g/mol. The number of hydrogen-bond acceptors (Lipinski definition) is 5. The summed E-state index contributed by atoms with van der Waals surface area (Å²) in [7, 11) is 0. The average molecular weight is 468 g/mol. The fourth-order valence-electron chi connectivity index (χ4n) is 3.32. The number of pyridine rings is 1. The van der Waals surface area contributed by atoms with Gasteiger partial charge in [0, 0.05) is 28.3 Å². The standard InChI is InChI=1S/C24H22ClN3OS2/c1-16-13-17(2)23-21(14-16)27-24(31-23)28(15-19-5-3-4-11-26-19)22(29)10-12-30-20-8-6-18(25)7-9-20/h3-9,11,13-14H,10,12,15H2,1-2H3. The van der Waals surface area contributed by atoms with Crippen molar-refractivity contribution in [2.45, 2.75) is 31.7 Å². The van der Waals surface area contributed by atoms with E-state index in [-0.39, 0.29) is 5.91 Å². The molecule has 31 heavy (non-hydrogen) atoms. The van der Waals surface area contributed by atoms with Crippen LogP contribution in [-0.2, 0) is 11.3 Å². The summed E-state index contributed by atoms with van der Waals surface area (Å²) in [4.78, 5) is 25.3. The Morgan fingerprint density at radius 1 is 1.13 bits per heavy atom. The number of hydrogen-bond donors (Lipinski definition) is 0. The zero-order chi connectivity index (χ0) is 21.8. The summed E-state index contributed by atoms with van der Waals surface area (Å²) in [5, 5.41) is 1.43. The number of nitrogens with zero attached hydrogens (tertiary/aromatic N) is 3. The van der Waals surface area contributed by atoms with Crippen molar-refractivity contribution in [2.75, 3.05) is 10.7 Å². The van der Waals surface area contributed by atoms with Crippen molar-refractivity contribution in [3.05, 3.63) is 82.6 Å². The predicted octanol–water partition coefficient (Wildman–Crippen LogP) is 6.68. The third-order valence-corrected chi connectivity index (χ3v) is 7.28. The summed E-state index contributed by atoms with van der Waals surface area (Å²) in [6.07, 6.45) is 2.16. The minimum atomic E-state index is 0.0422. The van der Waals surface area contributed by atoms with Gasteiger partial charge >= 0.3 is 0 Å². The van der Waals surface area contributed by atoms with Gasteiger partial charge in [-0.25, -0.2) is 4.98 Å². The van der Waals surface area contributed by atoms with E-state index in [9.17, 15) is 4.79 Å². The van der Waals surface area contributed by atoms with Gasteiger partial charge in [-0.3, -0.25) is 14.7 Å². The van der Waals surface area contributed by atoms with Gasteiger partial charge in [0.05, 0.1) is 22.5 Å². The van der Waals surface area contributed by atoms with Gasteiger partial charge in [-0.1, -0.05) is 35.1 Å². The first-order chi connectivity index (χ1) is 15.0. The molecule has 0 unspecified atom stereocenters. The van der Waals surface area contributed by atoms with Crippen LogP contribution in [0, 0.1) is 13.8 Å². The van der Waals surface area contributed by atoms with Crippen LogP contribution in [-0.4, -0.2) is 21.6 Å². The zero-order valence-corrected chi connectivity index (χ0v) is 19.7. The maximum atomic E-state index is 13.3. The molecule has 0 saturated heterocycles. The number of thioether (sulfide) groups is 1. The molecule has 4 nitrogen and oxygen atoms in total. The number of aryl methyl sites for hydroxylation is 2. The number of rotatable bonds is 7. The molecule has 0 spiro atoms. The lowest BCUT2D eigenvalue weighted by Gasteiger charge is -2.19. The highest BCUT2D eigenvalue weighted by molar-refractivity contribution is 7.99. The molecule has 0 bridgehead atoms. The fraction of sp³-hybridized carbons (Fsp3) is 0.208. The minimum absolute atomic E-state index is 0.0422. The minimum Gasteiger partial charge on any atom is -0.282 e. The van der Waals surface area contributed by atoms with E-state index in [1.54, 1.807) is 34.2 Å². The molecule has 0 aliphatic carbocycles. The van der Waals surface area contributed by atoms with Crippen molar-refractivity contribution in [2.24, 2.45) is 0 Å². The number of aromatic nitrogens is 2. The number of halogens is 1. The monoisotopic (exact) mass is 467 g/mol. The van der Waals surface area contributed by atoms with Gasteiger partial charge in [0.1, 0.15) is 0 Å². The molecule has 1 amide bonds. The molecule has 4 aromatic rings. The molecule has 2 aromatic heterocycles. The lowest BCUT2D eigenvalue weighted by Crippen LogP contribution is -2.30. The third kappa shape index (κ3) is 5.45. The highest BCUT2D eigenvalue weighted by Gasteiger charge is 2.21. The third-order valence-electron chi connectivity index (χ3n) is 4.79. The summed E-state index contributed by atoms with van der Waals surface area (Å²) in [5.41, 5.74) is 4.13. The lowest BCUT2D eigenvalue weighted by molar-refractivity contribution is -0.118. The predicted molar refractivity (Wildman–Crippen MR) is 131 cm³/mol. The highest BCUT2D eigenvalue weighted by atomic mass is 35.5. The van der Waals surface area contributed by atoms with Crippen molar-refractivity contribution >= 4 is 56.0 Å². The Labute approximate surface area is 195 Å². The van der Waals surface area contributed by atoms with Crippen LogP contribution in [0.3, 0.4) is 0 Å². The van der Waals surface area contributed by atoms with E-state index >= 15 is 0 Å². The van der Waals surface area contributed by atoms with Crippen molar-refractivity contribution < 1.29 is 4.79 Å². The first-order valence-electron chi connectivity index (χ1n) is 9.96. The van der Waals surface area contributed by atoms with E-state index in [1.165, 1.54) is 11.1 Å². The quantitative estimate of drug-likeness (QED) is 0.284. The van der Waals surface area contributed by atoms with Crippen LogP contribution < -0.4 is 4.90 Å². The van der Waals surface area contributed by atoms with Crippen molar-refractivity contribution in [1.82, 2.24) is 9.97 Å². The van der Waals surface area contributed by atoms with E-state index < -0.39 is 0 Å². The van der Waals surface area contributed by atoms with Crippen LogP contribution in [0.2, 0.25) is 5.02 Å². The van der Waals surface area contributed by atoms with Crippen LogP contribution in [0.4, 0.5) is 5.13 Å². The Kier molecular flexibility index (Phi) is 6.90. The summed E-state index contributed by atoms with van der Waals surface area (Å²) < 4.78 is 1.12. The topological polar surface area (TPSA) is 46.1 Å². The molecule has 0 saturated carbocycles. The Bertz CT molecular complexity index is 1190. The van der Waals surface area contributed by atoms with Gasteiger partial charge < -0.3 is 0 Å². The average Bonchev–Trinajstić information content (AvgIpc) is 3.18. The first-order valence-corrected chi connectivity index (χ1v) is 12.1. The lowest BCUT2D eigenvalue weighted by atomic mass is 10.1. The molecular formula is C24H22ClN3OS2. The van der Waals surface area contributed by atoms with Gasteiger partial charge in [0.15, 0.2) is 5.13 Å². The number of carbonyl (C=O) groups excluding carboxylic acids is 1. The summed E-state index contributed by atoms with van der Waals surface area (Å²) in [5.74, 6) is 0.725. The number of anilines is 1. The Balaban J connectivity index is 1.55. The summed E-state index contributed by atoms with van der Waals surface area (Å²) in [6.45, 7) is 4.56. The number of thiazole rings is 1. The molecule has 0 N–H and O–H groups in total. The molecule has 2 heterocycles. The van der Waals surface area contributed by atoms with E-state index in [4.69, 9.17) is 16.6 Å². The molecule has 0 atom stereocenters. The molecule has 0 fully saturated rings. The van der Waals surface area contributed by atoms with E-state index in [2.05, 4.69) is 31.0 Å². The smallest absolute Gasteiger partial charge is 0.229 e. The van der Waals surface area contributed by atoms with Gasteiger partial charge in [0.2, 0.25) is 5.91 Å². The second kappa shape index (κ2) is 9.81. The number of fused-ring (bicyclic) bond motifs is 1. The van der Waals surface area contributed by atoms with E-state index in [1.807, 2.05) is 42.5 Å². The molecule has 0 radical (unpaired) electrons. The highest BCUT2D eigenvalue weighted by Crippen LogP contribution is 2.33. The second-order valence-corrected chi connectivity index (χ2v) is 9.86. The molecule has 7 heteroatoms. The molecule has 0 aliphatic rings. The van der Waals surface area contributed by atoms with Crippen LogP contribution >= 0.6 is 34.7 Å². The van der Waals surface area contributed by atoms with E-state index in [0.29, 0.717) is 23.7 Å². The van der Waals surface area contributed by atoms with Crippen LogP contribution in [0.25, 0.3) is 10.2 Å². The Morgan fingerprint density at radius 3 is 2.68 bits per heavy atom. The largest absolute Gasteiger partial charge is 0.282 e. The fourth-order valence-corrected chi connectivity index (χ4v) is 5.32. The zero-order valence-electron chi connectivity index (χ0n) is 17.3. The van der Waals surface area contributed by atoms with E-state index in [0.717, 1.165) is 25.9 Å². The summed E-state index contributed by atoms with van der Waals surface area (Å²) in [6, 6.07) is 17.7. The molecule has 2 aromatic carbocycles. The Morgan fingerprint density at radius 2 is 1.94 bits per heavy atom. The number of amides is 1. The van der Waals surface area contributed by atoms with Gasteiger partial charge in [0.25, 0.3) is 0 Å². The van der Waals surface area contributed by atoms with Gasteiger partial charge in [-0.2, -0.15) is 0 Å². The second-order valence-electron chi connectivity index (χ2n) is 7.28.